The van der Waals surface area contributed by atoms with Crippen LogP contribution in [-0.4, -0.2) is 19.1 Å². The molecule has 0 saturated carbocycles. The fraction of sp³-hybridized carbons (Fsp3) is 0.269. The van der Waals surface area contributed by atoms with Crippen LogP contribution in [0.1, 0.15) is 24.5 Å². The van der Waals surface area contributed by atoms with Gasteiger partial charge in [0.2, 0.25) is 0 Å². The molecule has 1 heterocycles. The summed E-state index contributed by atoms with van der Waals surface area (Å²) in [6.07, 6.45) is 3.52. The van der Waals surface area contributed by atoms with Crippen LogP contribution in [0.2, 0.25) is 0 Å². The summed E-state index contributed by atoms with van der Waals surface area (Å²) in [5.41, 5.74) is 7.73. The topological polar surface area (TPSA) is 16.1 Å². The molecule has 0 N–H and O–H groups in total. The molecule has 0 radical (unpaired) electrons. The number of aromatic nitrogens is 1. The standard InChI is InChI=1S/C26H26N2/c1-17-8-14-22-23(16-17)26(19-9-12-20(13-10-19)28(2)3)27-24-15-11-18-6-4-5-7-21(18)25(22)24/h4-7,9-13,15,17H,8,14,16H2,1-3H3/t17-/m1/s1. The fourth-order valence-corrected chi connectivity index (χ4v) is 4.65. The summed E-state index contributed by atoms with van der Waals surface area (Å²) in [5, 5.41) is 4.02. The van der Waals surface area contributed by atoms with Gasteiger partial charge in [0.1, 0.15) is 0 Å². The van der Waals surface area contributed by atoms with Gasteiger partial charge in [-0.15, -0.1) is 0 Å². The van der Waals surface area contributed by atoms with E-state index >= 15 is 0 Å². The minimum absolute atomic E-state index is 0.710. The van der Waals surface area contributed by atoms with E-state index in [0.29, 0.717) is 5.92 Å². The molecule has 0 saturated heterocycles. The third-order valence-electron chi connectivity index (χ3n) is 6.19. The Bertz CT molecular complexity index is 1170. The molecule has 1 aliphatic rings. The van der Waals surface area contributed by atoms with Crippen molar-refractivity contribution in [2.75, 3.05) is 19.0 Å². The number of rotatable bonds is 2. The van der Waals surface area contributed by atoms with Crippen molar-refractivity contribution in [3.63, 3.8) is 0 Å². The maximum atomic E-state index is 5.20. The van der Waals surface area contributed by atoms with Gasteiger partial charge < -0.3 is 4.90 Å². The second kappa shape index (κ2) is 6.63. The van der Waals surface area contributed by atoms with E-state index in [1.54, 1.807) is 0 Å². The molecule has 0 bridgehead atoms. The van der Waals surface area contributed by atoms with Crippen molar-refractivity contribution in [3.05, 3.63) is 71.8 Å². The molecular weight excluding hydrogens is 340 g/mol. The normalized spacial score (nSPS) is 16.3. The molecule has 0 fully saturated rings. The Kier molecular flexibility index (Phi) is 4.08. The fourth-order valence-electron chi connectivity index (χ4n) is 4.65. The molecule has 0 unspecified atom stereocenters. The molecule has 4 aromatic rings. The van der Waals surface area contributed by atoms with E-state index in [1.807, 2.05) is 0 Å². The van der Waals surface area contributed by atoms with Crippen molar-refractivity contribution < 1.29 is 0 Å². The molecule has 1 atom stereocenters. The highest BCUT2D eigenvalue weighted by atomic mass is 15.1. The predicted octanol–water partition coefficient (Wildman–Crippen LogP) is 6.25. The van der Waals surface area contributed by atoms with E-state index < -0.39 is 0 Å². The van der Waals surface area contributed by atoms with Crippen molar-refractivity contribution in [2.24, 2.45) is 5.92 Å². The van der Waals surface area contributed by atoms with Gasteiger partial charge in [0.05, 0.1) is 11.2 Å². The van der Waals surface area contributed by atoms with Crippen LogP contribution >= 0.6 is 0 Å². The van der Waals surface area contributed by atoms with Crippen molar-refractivity contribution in [3.8, 4) is 11.3 Å². The van der Waals surface area contributed by atoms with E-state index in [4.69, 9.17) is 4.98 Å². The average molecular weight is 367 g/mol. The van der Waals surface area contributed by atoms with Gasteiger partial charge in [-0.25, -0.2) is 4.98 Å². The lowest BCUT2D eigenvalue weighted by molar-refractivity contribution is 0.503. The van der Waals surface area contributed by atoms with Crippen LogP contribution in [0.4, 0.5) is 5.69 Å². The Morgan fingerprint density at radius 1 is 0.893 bits per heavy atom. The summed E-state index contributed by atoms with van der Waals surface area (Å²) in [6, 6.07) is 22.0. The molecule has 0 amide bonds. The van der Waals surface area contributed by atoms with Gasteiger partial charge in [0, 0.05) is 30.7 Å². The Morgan fingerprint density at radius 3 is 2.46 bits per heavy atom. The van der Waals surface area contributed by atoms with Crippen LogP contribution in [0.25, 0.3) is 32.9 Å². The molecule has 5 rings (SSSR count). The molecule has 1 aliphatic carbocycles. The smallest absolute Gasteiger partial charge is 0.0744 e. The molecule has 0 spiro atoms. The minimum Gasteiger partial charge on any atom is -0.378 e. The van der Waals surface area contributed by atoms with Gasteiger partial charge in [-0.1, -0.05) is 49.4 Å². The van der Waals surface area contributed by atoms with E-state index in [0.717, 1.165) is 18.4 Å². The Hall–Kier alpha value is -2.87. The first-order valence-electron chi connectivity index (χ1n) is 10.2. The minimum atomic E-state index is 0.710. The maximum absolute atomic E-state index is 5.20. The van der Waals surface area contributed by atoms with Crippen LogP contribution in [0, 0.1) is 5.92 Å². The second-order valence-corrected chi connectivity index (χ2v) is 8.39. The van der Waals surface area contributed by atoms with Crippen molar-refractivity contribution in [1.82, 2.24) is 4.98 Å². The first-order chi connectivity index (χ1) is 13.6. The third kappa shape index (κ3) is 2.75. The summed E-state index contributed by atoms with van der Waals surface area (Å²) >= 11 is 0. The summed E-state index contributed by atoms with van der Waals surface area (Å²) < 4.78 is 0. The number of hydrogen-bond acceptors (Lipinski definition) is 2. The van der Waals surface area contributed by atoms with Crippen LogP contribution in [0.5, 0.6) is 0 Å². The van der Waals surface area contributed by atoms with Crippen LogP contribution in [0.3, 0.4) is 0 Å². The summed E-state index contributed by atoms with van der Waals surface area (Å²) in [4.78, 5) is 7.34. The molecule has 2 heteroatoms. The lowest BCUT2D eigenvalue weighted by Gasteiger charge is -2.26. The van der Waals surface area contributed by atoms with E-state index in [2.05, 4.69) is 86.6 Å². The SMILES string of the molecule is C[C@@H]1CCc2c(c(-c3ccc(N(C)C)cc3)nc3ccc4ccccc4c23)C1. The van der Waals surface area contributed by atoms with Gasteiger partial charge in [-0.3, -0.25) is 0 Å². The second-order valence-electron chi connectivity index (χ2n) is 8.39. The molecule has 3 aromatic carbocycles. The quantitative estimate of drug-likeness (QED) is 0.390. The van der Waals surface area contributed by atoms with Crippen LogP contribution in [-0.2, 0) is 12.8 Å². The Morgan fingerprint density at radius 2 is 1.68 bits per heavy atom. The zero-order valence-electron chi connectivity index (χ0n) is 16.9. The Balaban J connectivity index is 1.80. The van der Waals surface area contributed by atoms with E-state index in [-0.39, 0.29) is 0 Å². The molecule has 2 nitrogen and oxygen atoms in total. The van der Waals surface area contributed by atoms with Crippen LogP contribution < -0.4 is 4.90 Å². The number of benzene rings is 3. The first kappa shape index (κ1) is 17.2. The molecule has 140 valence electrons. The van der Waals surface area contributed by atoms with Gasteiger partial charge in [0.25, 0.3) is 0 Å². The highest BCUT2D eigenvalue weighted by Crippen LogP contribution is 2.39. The van der Waals surface area contributed by atoms with Crippen molar-refractivity contribution in [1.29, 1.82) is 0 Å². The number of nitrogens with zero attached hydrogens (tertiary/aromatic N) is 2. The number of hydrogen-bond donors (Lipinski definition) is 0. The molecule has 28 heavy (non-hydrogen) atoms. The molecule has 1 aromatic heterocycles. The average Bonchev–Trinajstić information content (AvgIpc) is 2.72. The number of fused-ring (bicyclic) bond motifs is 5. The summed E-state index contributed by atoms with van der Waals surface area (Å²) in [7, 11) is 4.16. The lowest BCUT2D eigenvalue weighted by atomic mass is 9.80. The van der Waals surface area contributed by atoms with Crippen LogP contribution in [0.15, 0.2) is 60.7 Å². The van der Waals surface area contributed by atoms with Gasteiger partial charge >= 0.3 is 0 Å². The number of aryl methyl sites for hydroxylation is 1. The predicted molar refractivity (Wildman–Crippen MR) is 120 cm³/mol. The zero-order valence-corrected chi connectivity index (χ0v) is 16.9. The maximum Gasteiger partial charge on any atom is 0.0744 e. The zero-order chi connectivity index (χ0) is 19.3. The van der Waals surface area contributed by atoms with Gasteiger partial charge in [-0.2, -0.15) is 0 Å². The summed E-state index contributed by atoms with van der Waals surface area (Å²) in [5.74, 6) is 0.710. The lowest BCUT2D eigenvalue weighted by Crippen LogP contribution is -2.14. The molecular formula is C26H26N2. The number of anilines is 1. The largest absolute Gasteiger partial charge is 0.378 e. The van der Waals surface area contributed by atoms with Crippen molar-refractivity contribution >= 4 is 27.4 Å². The highest BCUT2D eigenvalue weighted by Gasteiger charge is 2.23. The molecule has 0 aliphatic heterocycles. The van der Waals surface area contributed by atoms with Crippen molar-refractivity contribution in [2.45, 2.75) is 26.2 Å². The third-order valence-corrected chi connectivity index (χ3v) is 6.19. The monoisotopic (exact) mass is 366 g/mol. The number of pyridine rings is 1. The van der Waals surface area contributed by atoms with E-state index in [1.165, 1.54) is 50.7 Å². The Labute approximate surface area is 166 Å². The summed E-state index contributed by atoms with van der Waals surface area (Å²) in [6.45, 7) is 2.37. The van der Waals surface area contributed by atoms with Gasteiger partial charge in [0.15, 0.2) is 0 Å². The van der Waals surface area contributed by atoms with Gasteiger partial charge in [-0.05, 0) is 65.3 Å². The first-order valence-corrected chi connectivity index (χ1v) is 10.2. The van der Waals surface area contributed by atoms with E-state index in [9.17, 15) is 0 Å². The highest BCUT2D eigenvalue weighted by molar-refractivity contribution is 6.09.